The summed E-state index contributed by atoms with van der Waals surface area (Å²) in [5.41, 5.74) is 8.09. The number of urea groups is 1. The average Bonchev–Trinajstić information content (AvgIpc) is 2.86. The minimum Gasteiger partial charge on any atom is -0.351 e. The molecule has 1 aromatic rings. The molecule has 2 unspecified atom stereocenters. The number of hydrogen-bond donors (Lipinski definition) is 1. The second kappa shape index (κ2) is 4.85. The van der Waals surface area contributed by atoms with E-state index in [-0.39, 0.29) is 12.1 Å². The van der Waals surface area contributed by atoms with Crippen molar-refractivity contribution in [1.29, 1.82) is 0 Å². The summed E-state index contributed by atoms with van der Waals surface area (Å²) in [7, 11) is 0. The second-order valence-corrected chi connectivity index (χ2v) is 5.58. The van der Waals surface area contributed by atoms with Crippen LogP contribution >= 0.6 is 0 Å². The lowest BCUT2D eigenvalue weighted by Crippen LogP contribution is -2.55. The highest BCUT2D eigenvalue weighted by Gasteiger charge is 2.41. The van der Waals surface area contributed by atoms with Gasteiger partial charge >= 0.3 is 6.03 Å². The number of nitrogens with two attached hydrogens (primary N) is 1. The topological polar surface area (TPSA) is 49.6 Å². The molecule has 0 aromatic heterocycles. The maximum Gasteiger partial charge on any atom is 0.315 e. The summed E-state index contributed by atoms with van der Waals surface area (Å²) < 4.78 is 0. The van der Waals surface area contributed by atoms with Gasteiger partial charge in [0.05, 0.1) is 6.04 Å². The first kappa shape index (κ1) is 12.5. The Morgan fingerprint density at radius 2 is 2.05 bits per heavy atom. The van der Waals surface area contributed by atoms with E-state index in [1.54, 1.807) is 0 Å². The van der Waals surface area contributed by atoms with E-state index in [2.05, 4.69) is 30.0 Å². The Morgan fingerprint density at radius 1 is 1.26 bits per heavy atom. The second-order valence-electron chi connectivity index (χ2n) is 5.58. The third-order valence-corrected chi connectivity index (χ3v) is 4.53. The number of rotatable bonds is 1. The van der Waals surface area contributed by atoms with Gasteiger partial charge in [-0.15, -0.1) is 0 Å². The van der Waals surface area contributed by atoms with Gasteiger partial charge in [0.25, 0.3) is 0 Å². The van der Waals surface area contributed by atoms with Crippen molar-refractivity contribution in [2.75, 3.05) is 19.6 Å². The van der Waals surface area contributed by atoms with Crippen LogP contribution in [0.1, 0.15) is 30.0 Å². The molecule has 2 N–H and O–H groups in total. The lowest BCUT2D eigenvalue weighted by molar-refractivity contribution is 0.0680. The molecule has 2 saturated heterocycles. The van der Waals surface area contributed by atoms with Crippen LogP contribution < -0.4 is 5.73 Å². The van der Waals surface area contributed by atoms with Gasteiger partial charge in [0.1, 0.15) is 0 Å². The number of aryl methyl sites for hydroxylation is 1. The van der Waals surface area contributed by atoms with Crippen LogP contribution in [0.3, 0.4) is 0 Å². The number of carbonyl (C=O) groups is 1. The molecule has 19 heavy (non-hydrogen) atoms. The van der Waals surface area contributed by atoms with E-state index in [0.717, 1.165) is 26.1 Å². The van der Waals surface area contributed by atoms with E-state index in [1.807, 2.05) is 11.0 Å². The quantitative estimate of drug-likeness (QED) is 0.837. The number of piperazine rings is 1. The first-order valence-electron chi connectivity index (χ1n) is 7.04. The van der Waals surface area contributed by atoms with E-state index >= 15 is 0 Å². The molecule has 0 aliphatic carbocycles. The van der Waals surface area contributed by atoms with Gasteiger partial charge in [-0.3, -0.25) is 4.90 Å². The van der Waals surface area contributed by atoms with Crippen LogP contribution in [-0.2, 0) is 0 Å². The Hall–Kier alpha value is -1.55. The predicted molar refractivity (Wildman–Crippen MR) is 74.8 cm³/mol. The van der Waals surface area contributed by atoms with E-state index in [9.17, 15) is 4.79 Å². The average molecular weight is 259 g/mol. The summed E-state index contributed by atoms with van der Waals surface area (Å²) in [6.07, 6.45) is 2.38. The summed E-state index contributed by atoms with van der Waals surface area (Å²) in [6.45, 7) is 4.96. The molecular weight excluding hydrogens is 238 g/mol. The van der Waals surface area contributed by atoms with Crippen molar-refractivity contribution in [3.05, 3.63) is 35.4 Å². The van der Waals surface area contributed by atoms with E-state index < -0.39 is 0 Å². The minimum atomic E-state index is -0.292. The molecule has 2 aliphatic heterocycles. The third-order valence-electron chi connectivity index (χ3n) is 4.53. The fourth-order valence-electron chi connectivity index (χ4n) is 3.61. The molecule has 4 nitrogen and oxygen atoms in total. The van der Waals surface area contributed by atoms with Crippen LogP contribution in [0.5, 0.6) is 0 Å². The standard InChI is InChI=1S/C15H21N3O/c1-11-5-2-3-6-12(11)14-13-7-4-8-17(13)9-10-18(14)15(16)19/h2-3,5-6,13-14H,4,7-10H2,1H3,(H2,16,19). The van der Waals surface area contributed by atoms with Crippen LogP contribution in [0.4, 0.5) is 4.79 Å². The Bertz CT molecular complexity index is 488. The number of amides is 2. The lowest BCUT2D eigenvalue weighted by Gasteiger charge is -2.44. The molecule has 2 amide bonds. The van der Waals surface area contributed by atoms with Gasteiger partial charge in [0, 0.05) is 19.1 Å². The van der Waals surface area contributed by atoms with Gasteiger partial charge < -0.3 is 10.6 Å². The number of nitrogens with zero attached hydrogens (tertiary/aromatic N) is 2. The molecule has 0 bridgehead atoms. The van der Waals surface area contributed by atoms with Crippen molar-refractivity contribution in [2.45, 2.75) is 31.8 Å². The van der Waals surface area contributed by atoms with Crippen molar-refractivity contribution in [2.24, 2.45) is 5.73 Å². The summed E-state index contributed by atoms with van der Waals surface area (Å²) >= 11 is 0. The number of fused-ring (bicyclic) bond motifs is 1. The third kappa shape index (κ3) is 2.10. The first-order valence-corrected chi connectivity index (χ1v) is 7.04. The number of carbonyl (C=O) groups excluding carboxylic acids is 1. The molecule has 1 aromatic carbocycles. The van der Waals surface area contributed by atoms with Crippen LogP contribution in [0, 0.1) is 6.92 Å². The van der Waals surface area contributed by atoms with E-state index in [4.69, 9.17) is 5.73 Å². The fourth-order valence-corrected chi connectivity index (χ4v) is 3.61. The zero-order valence-corrected chi connectivity index (χ0v) is 11.4. The van der Waals surface area contributed by atoms with Gasteiger partial charge in [-0.2, -0.15) is 0 Å². The first-order chi connectivity index (χ1) is 9.18. The van der Waals surface area contributed by atoms with Gasteiger partial charge in [-0.25, -0.2) is 4.79 Å². The molecule has 2 heterocycles. The van der Waals surface area contributed by atoms with Crippen LogP contribution in [-0.4, -0.2) is 41.5 Å². The summed E-state index contributed by atoms with van der Waals surface area (Å²) in [4.78, 5) is 16.1. The molecule has 0 spiro atoms. The zero-order chi connectivity index (χ0) is 13.4. The highest BCUT2D eigenvalue weighted by Crippen LogP contribution is 2.37. The van der Waals surface area contributed by atoms with Crippen molar-refractivity contribution in [3.8, 4) is 0 Å². The maximum atomic E-state index is 11.8. The highest BCUT2D eigenvalue weighted by atomic mass is 16.2. The van der Waals surface area contributed by atoms with Gasteiger partial charge in [0.2, 0.25) is 0 Å². The van der Waals surface area contributed by atoms with E-state index in [1.165, 1.54) is 17.5 Å². The van der Waals surface area contributed by atoms with Crippen molar-refractivity contribution in [1.82, 2.24) is 9.80 Å². The summed E-state index contributed by atoms with van der Waals surface area (Å²) in [6, 6.07) is 8.61. The molecule has 3 rings (SSSR count). The molecule has 102 valence electrons. The van der Waals surface area contributed by atoms with Crippen molar-refractivity contribution in [3.63, 3.8) is 0 Å². The van der Waals surface area contributed by atoms with Gasteiger partial charge in [-0.05, 0) is 37.4 Å². The molecule has 2 atom stereocenters. The van der Waals surface area contributed by atoms with Gasteiger partial charge in [0.15, 0.2) is 0 Å². The Balaban J connectivity index is 2.01. The lowest BCUT2D eigenvalue weighted by atomic mass is 9.91. The largest absolute Gasteiger partial charge is 0.351 e. The smallest absolute Gasteiger partial charge is 0.315 e. The van der Waals surface area contributed by atoms with Crippen LogP contribution in [0.2, 0.25) is 0 Å². The molecule has 2 aliphatic rings. The maximum absolute atomic E-state index is 11.8. The number of benzene rings is 1. The summed E-state index contributed by atoms with van der Waals surface area (Å²) in [5, 5.41) is 0. The molecule has 0 radical (unpaired) electrons. The van der Waals surface area contributed by atoms with Crippen LogP contribution in [0.25, 0.3) is 0 Å². The SMILES string of the molecule is Cc1ccccc1C1C2CCCN2CCN1C(N)=O. The normalized spacial score (nSPS) is 27.3. The van der Waals surface area contributed by atoms with Crippen LogP contribution in [0.15, 0.2) is 24.3 Å². The minimum absolute atomic E-state index is 0.120. The summed E-state index contributed by atoms with van der Waals surface area (Å²) in [5.74, 6) is 0. The van der Waals surface area contributed by atoms with Gasteiger partial charge in [-0.1, -0.05) is 24.3 Å². The Labute approximate surface area is 114 Å². The molecule has 2 fully saturated rings. The molecular formula is C15H21N3O. The molecule has 4 heteroatoms. The fraction of sp³-hybridized carbons (Fsp3) is 0.533. The highest BCUT2D eigenvalue weighted by molar-refractivity contribution is 5.73. The number of primary amides is 1. The Kier molecular flexibility index (Phi) is 3.19. The molecule has 0 saturated carbocycles. The van der Waals surface area contributed by atoms with E-state index in [0.29, 0.717) is 6.04 Å². The monoisotopic (exact) mass is 259 g/mol. The number of hydrogen-bond acceptors (Lipinski definition) is 2. The Morgan fingerprint density at radius 3 is 2.79 bits per heavy atom. The van der Waals surface area contributed by atoms with Crippen molar-refractivity contribution >= 4 is 6.03 Å². The zero-order valence-electron chi connectivity index (χ0n) is 11.4. The predicted octanol–water partition coefficient (Wildman–Crippen LogP) is 1.89. The van der Waals surface area contributed by atoms with Crippen molar-refractivity contribution < 1.29 is 4.79 Å².